The number of rotatable bonds is 10. The molecular formula is C30H35F3N4O5. The molecule has 0 radical (unpaired) electrons. The number of ether oxygens (including phenoxy) is 1. The summed E-state index contributed by atoms with van der Waals surface area (Å²) in [6.45, 7) is 4.67. The Hall–Kier alpha value is -3.90. The van der Waals surface area contributed by atoms with Gasteiger partial charge < -0.3 is 19.6 Å². The van der Waals surface area contributed by atoms with Crippen molar-refractivity contribution in [2.75, 3.05) is 37.7 Å². The number of halogens is 3. The summed E-state index contributed by atoms with van der Waals surface area (Å²) in [6.07, 6.45) is -5.25. The van der Waals surface area contributed by atoms with E-state index >= 15 is 0 Å². The number of benzene rings is 2. The minimum atomic E-state index is -4.67. The Kier molecular flexibility index (Phi) is 9.89. The van der Waals surface area contributed by atoms with Crippen LogP contribution in [0.2, 0.25) is 0 Å². The molecule has 3 N–H and O–H groups in total. The Morgan fingerprint density at radius 3 is 2.38 bits per heavy atom. The van der Waals surface area contributed by atoms with Crippen LogP contribution in [0.3, 0.4) is 0 Å². The number of nitrogens with zero attached hydrogens (tertiary/aromatic N) is 3. The summed E-state index contributed by atoms with van der Waals surface area (Å²) in [4.78, 5) is 32.4. The highest BCUT2D eigenvalue weighted by atomic mass is 19.4. The summed E-state index contributed by atoms with van der Waals surface area (Å²) in [5, 5.41) is 20.2. The molecule has 0 unspecified atom stereocenters. The lowest BCUT2D eigenvalue weighted by Gasteiger charge is -2.38. The summed E-state index contributed by atoms with van der Waals surface area (Å²) in [5.41, 5.74) is 2.48. The zero-order valence-corrected chi connectivity index (χ0v) is 23.5. The Morgan fingerprint density at radius 1 is 1.07 bits per heavy atom. The minimum Gasteiger partial charge on any atom is -0.494 e. The minimum absolute atomic E-state index is 0.0562. The number of carbonyl (C=O) groups excluding carboxylic acids is 2. The average molecular weight is 589 g/mol. The number of alkyl halides is 3. The number of hydroxylamine groups is 1. The van der Waals surface area contributed by atoms with Gasteiger partial charge in [0.2, 0.25) is 5.91 Å². The number of aromatic nitrogens is 1. The Bertz CT molecular complexity index is 1390. The molecule has 2 atom stereocenters. The lowest BCUT2D eigenvalue weighted by atomic mass is 9.92. The van der Waals surface area contributed by atoms with Gasteiger partial charge in [-0.3, -0.25) is 14.8 Å². The van der Waals surface area contributed by atoms with Gasteiger partial charge in [0.25, 0.3) is 5.91 Å². The third kappa shape index (κ3) is 7.29. The van der Waals surface area contributed by atoms with Gasteiger partial charge in [-0.05, 0) is 69.0 Å². The van der Waals surface area contributed by atoms with E-state index in [4.69, 9.17) is 9.94 Å². The van der Waals surface area contributed by atoms with Crippen molar-refractivity contribution in [2.45, 2.75) is 45.4 Å². The van der Waals surface area contributed by atoms with Gasteiger partial charge in [-0.2, -0.15) is 13.2 Å². The summed E-state index contributed by atoms with van der Waals surface area (Å²) in [6, 6.07) is 14.0. The molecular weight excluding hydrogens is 553 g/mol. The summed E-state index contributed by atoms with van der Waals surface area (Å²) in [7, 11) is 0. The molecule has 1 aromatic heterocycles. The van der Waals surface area contributed by atoms with Crippen molar-refractivity contribution in [1.82, 2.24) is 15.4 Å². The number of pyridine rings is 1. The van der Waals surface area contributed by atoms with Crippen molar-refractivity contribution in [1.29, 1.82) is 0 Å². The normalized spacial score (nSPS) is 15.4. The SMILES string of the molecule is CCOc1ccc(CCC[C@@H](C(=O)N2CCN(c3cc4cc(C)ccc4nc3C(F)(F)F)CC2)[C@H](O)C(=O)NO)cc1. The molecule has 2 aromatic carbocycles. The number of amides is 2. The van der Waals surface area contributed by atoms with Crippen LogP contribution < -0.4 is 15.1 Å². The summed E-state index contributed by atoms with van der Waals surface area (Å²) < 4.78 is 47.3. The van der Waals surface area contributed by atoms with Crippen molar-refractivity contribution in [3.05, 3.63) is 65.4 Å². The molecule has 1 fully saturated rings. The van der Waals surface area contributed by atoms with Crippen LogP contribution in [0.4, 0.5) is 18.9 Å². The second-order valence-electron chi connectivity index (χ2n) is 10.4. The monoisotopic (exact) mass is 588 g/mol. The molecule has 1 aliphatic heterocycles. The fourth-order valence-corrected chi connectivity index (χ4v) is 5.25. The second-order valence-corrected chi connectivity index (χ2v) is 10.4. The van der Waals surface area contributed by atoms with Crippen LogP contribution >= 0.6 is 0 Å². The number of aliphatic hydroxyl groups is 1. The predicted molar refractivity (Wildman–Crippen MR) is 150 cm³/mol. The Labute approximate surface area is 241 Å². The van der Waals surface area contributed by atoms with Gasteiger partial charge in [-0.15, -0.1) is 0 Å². The molecule has 2 heterocycles. The van der Waals surface area contributed by atoms with Crippen LogP contribution in [0.25, 0.3) is 10.9 Å². The van der Waals surface area contributed by atoms with Crippen LogP contribution in [0.5, 0.6) is 5.75 Å². The predicted octanol–water partition coefficient (Wildman–Crippen LogP) is 4.11. The molecule has 9 nitrogen and oxygen atoms in total. The van der Waals surface area contributed by atoms with Crippen molar-refractivity contribution < 1.29 is 37.8 Å². The number of aryl methyl sites for hydroxylation is 2. The first-order valence-corrected chi connectivity index (χ1v) is 13.9. The fourth-order valence-electron chi connectivity index (χ4n) is 5.25. The number of carbonyl (C=O) groups is 2. The number of fused-ring (bicyclic) bond motifs is 1. The molecule has 4 rings (SSSR count). The van der Waals surface area contributed by atoms with E-state index in [1.807, 2.05) is 38.1 Å². The zero-order chi connectivity index (χ0) is 30.4. The standard InChI is InChI=1S/C30H35F3N4O5/c1-3-42-22-10-8-20(9-11-22)5-4-6-23(26(38)28(39)35-41)29(40)37-15-13-36(14-16-37)25-18-21-17-19(2)7-12-24(21)34-27(25)30(31,32)33/h7-12,17-18,23,26,38,41H,3-6,13-16H2,1-2H3,(H,35,39)/t23-,26+/m1/s1. The smallest absolute Gasteiger partial charge is 0.435 e. The van der Waals surface area contributed by atoms with E-state index in [0.717, 1.165) is 16.9 Å². The first kappa shape index (κ1) is 31.0. The highest BCUT2D eigenvalue weighted by Gasteiger charge is 2.39. The number of piperazine rings is 1. The van der Waals surface area contributed by atoms with Crippen molar-refractivity contribution >= 4 is 28.4 Å². The van der Waals surface area contributed by atoms with Crippen LogP contribution in [0.15, 0.2) is 48.5 Å². The Morgan fingerprint density at radius 2 is 1.76 bits per heavy atom. The Balaban J connectivity index is 1.46. The highest BCUT2D eigenvalue weighted by molar-refractivity contribution is 5.89. The van der Waals surface area contributed by atoms with Crippen LogP contribution in [0.1, 0.15) is 36.6 Å². The molecule has 226 valence electrons. The van der Waals surface area contributed by atoms with Crippen molar-refractivity contribution in [2.24, 2.45) is 5.92 Å². The summed E-state index contributed by atoms with van der Waals surface area (Å²) in [5.74, 6) is -2.00. The third-order valence-corrected chi connectivity index (χ3v) is 7.44. The number of aliphatic hydroxyl groups excluding tert-OH is 1. The molecule has 42 heavy (non-hydrogen) atoms. The van der Waals surface area contributed by atoms with E-state index in [9.17, 15) is 27.9 Å². The lowest BCUT2D eigenvalue weighted by molar-refractivity contribution is -0.151. The van der Waals surface area contributed by atoms with Crippen molar-refractivity contribution in [3.63, 3.8) is 0 Å². The van der Waals surface area contributed by atoms with Gasteiger partial charge >= 0.3 is 6.18 Å². The van der Waals surface area contributed by atoms with Crippen LogP contribution in [-0.2, 0) is 22.2 Å². The molecule has 1 saturated heterocycles. The number of nitrogens with one attached hydrogen (secondary N) is 1. The van der Waals surface area contributed by atoms with Gasteiger partial charge in [-0.1, -0.05) is 23.8 Å². The molecule has 1 aliphatic rings. The van der Waals surface area contributed by atoms with Gasteiger partial charge in [0.05, 0.1) is 23.7 Å². The largest absolute Gasteiger partial charge is 0.494 e. The first-order chi connectivity index (χ1) is 20.0. The molecule has 0 saturated carbocycles. The van der Waals surface area contributed by atoms with Gasteiger partial charge in [-0.25, -0.2) is 10.5 Å². The fraction of sp³-hybridized carbons (Fsp3) is 0.433. The average Bonchev–Trinajstić information content (AvgIpc) is 2.98. The maximum Gasteiger partial charge on any atom is 0.435 e. The van der Waals surface area contributed by atoms with Gasteiger partial charge in [0.1, 0.15) is 11.9 Å². The number of hydrogen-bond acceptors (Lipinski definition) is 7. The van der Waals surface area contributed by atoms with E-state index in [1.54, 1.807) is 23.1 Å². The first-order valence-electron chi connectivity index (χ1n) is 13.9. The summed E-state index contributed by atoms with van der Waals surface area (Å²) >= 11 is 0. The van der Waals surface area contributed by atoms with E-state index in [-0.39, 0.29) is 43.8 Å². The van der Waals surface area contributed by atoms with Crippen LogP contribution in [0, 0.1) is 12.8 Å². The molecule has 0 bridgehead atoms. The molecule has 2 amide bonds. The molecule has 3 aromatic rings. The maximum absolute atomic E-state index is 14.0. The lowest BCUT2D eigenvalue weighted by Crippen LogP contribution is -2.53. The topological polar surface area (TPSA) is 115 Å². The van der Waals surface area contributed by atoms with Crippen molar-refractivity contribution in [3.8, 4) is 5.75 Å². The number of anilines is 1. The van der Waals surface area contributed by atoms with Crippen LogP contribution in [-0.4, -0.2) is 70.9 Å². The molecule has 0 spiro atoms. The van der Waals surface area contributed by atoms with Gasteiger partial charge in [0.15, 0.2) is 5.69 Å². The van der Waals surface area contributed by atoms with E-state index in [2.05, 4.69) is 4.98 Å². The maximum atomic E-state index is 14.0. The molecule has 0 aliphatic carbocycles. The quantitative estimate of drug-likeness (QED) is 0.241. The van der Waals surface area contributed by atoms with E-state index in [0.29, 0.717) is 24.8 Å². The van der Waals surface area contributed by atoms with Gasteiger partial charge in [0, 0.05) is 31.6 Å². The molecule has 12 heteroatoms. The highest BCUT2D eigenvalue weighted by Crippen LogP contribution is 2.37. The van der Waals surface area contributed by atoms with E-state index in [1.165, 1.54) is 16.4 Å². The van der Waals surface area contributed by atoms with E-state index < -0.39 is 35.7 Å². The third-order valence-electron chi connectivity index (χ3n) is 7.44. The zero-order valence-electron chi connectivity index (χ0n) is 23.5. The second kappa shape index (κ2) is 13.4. The number of hydrogen-bond donors (Lipinski definition) is 3.